The Labute approximate surface area is 141 Å². The fourth-order valence-electron chi connectivity index (χ4n) is 1.40. The lowest BCUT2D eigenvalue weighted by Gasteiger charge is -2.02. The van der Waals surface area contributed by atoms with Gasteiger partial charge in [0.05, 0.1) is 10.0 Å². The fourth-order valence-corrected chi connectivity index (χ4v) is 1.70. The van der Waals surface area contributed by atoms with Crippen LogP contribution < -0.4 is 0 Å². The Morgan fingerprint density at radius 3 is 1.77 bits per heavy atom. The normalized spacial score (nSPS) is 8.82. The third kappa shape index (κ3) is 5.58. The van der Waals surface area contributed by atoms with E-state index in [1.54, 1.807) is 0 Å². The molecule has 0 atom stereocenters. The van der Waals surface area contributed by atoms with Gasteiger partial charge in [-0.3, -0.25) is 14.6 Å². The van der Waals surface area contributed by atoms with Gasteiger partial charge in [-0.05, 0) is 30.3 Å². The molecule has 0 bridgehead atoms. The minimum Gasteiger partial charge on any atom is -0.285 e. The van der Waals surface area contributed by atoms with Gasteiger partial charge in [-0.2, -0.15) is 0 Å². The van der Waals surface area contributed by atoms with Crippen LogP contribution in [0.5, 0.6) is 0 Å². The Hall–Kier alpha value is -1.71. The van der Waals surface area contributed by atoms with Crippen LogP contribution in [0.15, 0.2) is 42.7 Å². The fraction of sp³-hybridized carbons (Fsp3) is 0.235. The first kappa shape index (κ1) is 20.3. The number of hydrogen-bond acceptors (Lipinski definition) is 3. The summed E-state index contributed by atoms with van der Waals surface area (Å²) in [6.07, 6.45) is 2.91. The zero-order chi connectivity index (χ0) is 17.1. The van der Waals surface area contributed by atoms with Gasteiger partial charge in [-0.25, -0.2) is 0 Å². The molecular weight excluding hydrogens is 321 g/mol. The number of carbonyl (C=O) groups excluding carboxylic acids is 2. The number of halogens is 2. The SMILES string of the molecule is CC.CC.O=C(C(=O)c1ccc(Cl)c(Cl)c1)c1ccncc1. The highest BCUT2D eigenvalue weighted by Crippen LogP contribution is 2.23. The number of Topliss-reactive ketones (excluding diaryl/α,β-unsaturated/α-hetero) is 2. The van der Waals surface area contributed by atoms with Crippen molar-refractivity contribution in [2.45, 2.75) is 27.7 Å². The number of hydrogen-bond donors (Lipinski definition) is 0. The highest BCUT2D eigenvalue weighted by molar-refractivity contribution is 6.50. The summed E-state index contributed by atoms with van der Waals surface area (Å²) in [6.45, 7) is 8.00. The minimum absolute atomic E-state index is 0.214. The summed E-state index contributed by atoms with van der Waals surface area (Å²) in [7, 11) is 0. The van der Waals surface area contributed by atoms with Crippen molar-refractivity contribution in [3.8, 4) is 0 Å². The highest BCUT2D eigenvalue weighted by atomic mass is 35.5. The van der Waals surface area contributed by atoms with Gasteiger partial charge in [0, 0.05) is 23.5 Å². The number of ketones is 2. The summed E-state index contributed by atoms with van der Waals surface area (Å²) in [6, 6.07) is 7.30. The number of rotatable bonds is 3. The summed E-state index contributed by atoms with van der Waals surface area (Å²) >= 11 is 11.5. The molecule has 0 radical (unpaired) electrons. The largest absolute Gasteiger partial charge is 0.285 e. The van der Waals surface area contributed by atoms with E-state index in [1.807, 2.05) is 27.7 Å². The first-order chi connectivity index (χ1) is 10.6. The van der Waals surface area contributed by atoms with Crippen LogP contribution in [0.3, 0.4) is 0 Å². The first-order valence-corrected chi connectivity index (χ1v) is 7.79. The standard InChI is InChI=1S/C13H7Cl2NO2.2C2H6/c14-10-2-1-9(7-11(10)15)13(18)12(17)8-3-5-16-6-4-8;2*1-2/h1-7H;2*1-2H3. The molecule has 0 aliphatic rings. The third-order valence-corrected chi connectivity index (χ3v) is 3.07. The average molecular weight is 340 g/mol. The predicted molar refractivity (Wildman–Crippen MR) is 92.1 cm³/mol. The molecule has 3 nitrogen and oxygen atoms in total. The first-order valence-electron chi connectivity index (χ1n) is 7.03. The van der Waals surface area contributed by atoms with E-state index in [0.29, 0.717) is 10.6 Å². The summed E-state index contributed by atoms with van der Waals surface area (Å²) in [5.41, 5.74) is 0.507. The molecule has 0 aliphatic heterocycles. The lowest BCUT2D eigenvalue weighted by Crippen LogP contribution is -2.14. The van der Waals surface area contributed by atoms with E-state index in [1.165, 1.54) is 42.7 Å². The lowest BCUT2D eigenvalue weighted by molar-refractivity contribution is 0.0817. The van der Waals surface area contributed by atoms with Crippen molar-refractivity contribution in [2.24, 2.45) is 0 Å². The molecule has 1 heterocycles. The van der Waals surface area contributed by atoms with Crippen molar-refractivity contribution >= 4 is 34.8 Å². The van der Waals surface area contributed by atoms with E-state index in [9.17, 15) is 9.59 Å². The molecule has 0 aliphatic carbocycles. The molecule has 0 N–H and O–H groups in total. The van der Waals surface area contributed by atoms with Crippen molar-refractivity contribution in [1.29, 1.82) is 0 Å². The second kappa shape index (κ2) is 10.9. The third-order valence-electron chi connectivity index (χ3n) is 2.33. The Balaban J connectivity index is 0.00000102. The molecule has 5 heteroatoms. The zero-order valence-electron chi connectivity index (χ0n) is 13.1. The molecule has 0 spiro atoms. The second-order valence-electron chi connectivity index (χ2n) is 3.52. The number of nitrogens with zero attached hydrogens (tertiary/aromatic N) is 1. The summed E-state index contributed by atoms with van der Waals surface area (Å²) in [5.74, 6) is -1.23. The van der Waals surface area contributed by atoms with Gasteiger partial charge in [0.2, 0.25) is 11.6 Å². The Kier molecular flexibility index (Phi) is 10.1. The van der Waals surface area contributed by atoms with E-state index in [4.69, 9.17) is 23.2 Å². The molecule has 0 amide bonds. The number of benzene rings is 1. The maximum Gasteiger partial charge on any atom is 0.233 e. The van der Waals surface area contributed by atoms with Crippen LogP contribution in [0, 0.1) is 0 Å². The van der Waals surface area contributed by atoms with Crippen LogP contribution in [0.4, 0.5) is 0 Å². The molecule has 118 valence electrons. The molecule has 0 unspecified atom stereocenters. The van der Waals surface area contributed by atoms with Gasteiger partial charge in [-0.15, -0.1) is 0 Å². The molecule has 1 aromatic carbocycles. The van der Waals surface area contributed by atoms with Crippen molar-refractivity contribution in [2.75, 3.05) is 0 Å². The Morgan fingerprint density at radius 2 is 1.27 bits per heavy atom. The topological polar surface area (TPSA) is 47.0 Å². The molecule has 22 heavy (non-hydrogen) atoms. The van der Waals surface area contributed by atoms with E-state index in [2.05, 4.69) is 4.98 Å². The lowest BCUT2D eigenvalue weighted by atomic mass is 10.0. The van der Waals surface area contributed by atoms with Gasteiger partial charge >= 0.3 is 0 Å². The van der Waals surface area contributed by atoms with Gasteiger partial charge in [0.25, 0.3) is 0 Å². The summed E-state index contributed by atoms with van der Waals surface area (Å²) in [5, 5.41) is 0.578. The molecular formula is C17H19Cl2NO2. The van der Waals surface area contributed by atoms with Crippen LogP contribution in [-0.2, 0) is 0 Å². The van der Waals surface area contributed by atoms with Crippen LogP contribution in [0.1, 0.15) is 48.4 Å². The summed E-state index contributed by atoms with van der Waals surface area (Å²) in [4.78, 5) is 27.6. The second-order valence-corrected chi connectivity index (χ2v) is 4.34. The molecule has 1 aromatic heterocycles. The number of aromatic nitrogens is 1. The van der Waals surface area contributed by atoms with Crippen LogP contribution >= 0.6 is 23.2 Å². The molecule has 0 fully saturated rings. The Bertz CT molecular complexity index is 613. The minimum atomic E-state index is -0.625. The molecule has 0 saturated heterocycles. The van der Waals surface area contributed by atoms with E-state index in [-0.39, 0.29) is 10.6 Å². The smallest absolute Gasteiger partial charge is 0.233 e. The van der Waals surface area contributed by atoms with Crippen molar-refractivity contribution in [3.05, 3.63) is 63.9 Å². The molecule has 0 saturated carbocycles. The van der Waals surface area contributed by atoms with E-state index < -0.39 is 11.6 Å². The molecule has 2 rings (SSSR count). The maximum atomic E-state index is 11.9. The van der Waals surface area contributed by atoms with Gasteiger partial charge in [0.15, 0.2) is 0 Å². The van der Waals surface area contributed by atoms with Crippen LogP contribution in [-0.4, -0.2) is 16.6 Å². The number of pyridine rings is 1. The van der Waals surface area contributed by atoms with E-state index in [0.717, 1.165) is 0 Å². The van der Waals surface area contributed by atoms with Crippen molar-refractivity contribution in [3.63, 3.8) is 0 Å². The molecule has 2 aromatic rings. The van der Waals surface area contributed by atoms with Crippen molar-refractivity contribution in [1.82, 2.24) is 4.98 Å². The van der Waals surface area contributed by atoms with Gasteiger partial charge < -0.3 is 0 Å². The van der Waals surface area contributed by atoms with Crippen molar-refractivity contribution < 1.29 is 9.59 Å². The van der Waals surface area contributed by atoms with Crippen LogP contribution in [0.2, 0.25) is 10.0 Å². The average Bonchev–Trinajstić information content (AvgIpc) is 2.60. The van der Waals surface area contributed by atoms with Gasteiger partial charge in [0.1, 0.15) is 0 Å². The highest BCUT2D eigenvalue weighted by Gasteiger charge is 2.18. The zero-order valence-corrected chi connectivity index (χ0v) is 14.6. The van der Waals surface area contributed by atoms with Crippen LogP contribution in [0.25, 0.3) is 0 Å². The van der Waals surface area contributed by atoms with E-state index >= 15 is 0 Å². The van der Waals surface area contributed by atoms with Gasteiger partial charge in [-0.1, -0.05) is 50.9 Å². The Morgan fingerprint density at radius 1 is 0.773 bits per heavy atom. The summed E-state index contributed by atoms with van der Waals surface area (Å²) < 4.78 is 0. The monoisotopic (exact) mass is 339 g/mol. The maximum absolute atomic E-state index is 11.9. The predicted octanol–water partition coefficient (Wildman–Crippen LogP) is 5.51. The quantitative estimate of drug-likeness (QED) is 0.547. The number of carbonyl (C=O) groups is 2.